The van der Waals surface area contributed by atoms with Crippen LogP contribution in [-0.4, -0.2) is 23.1 Å². The standard InChI is InChI=1S/C33H52O4/c1-20(2)21(3)10-11-23(29(35)36)24-14-18-33(9)26-12-13-27-30(5,6)28(37-22(4)34)16-17-31(27,7)25(26)15-19-32(24,33)8/h20,23-24,27-28H,3,10-19H2,1-2,4-9H3,(H,35,36)/t23-,24-,27+,28?,31-,32-,33+/m1/s1. The Bertz CT molecular complexity index is 988. The fourth-order valence-corrected chi connectivity index (χ4v) is 9.89. The molecule has 0 radical (unpaired) electrons. The van der Waals surface area contributed by atoms with Gasteiger partial charge in [-0.3, -0.25) is 9.59 Å². The van der Waals surface area contributed by atoms with Crippen LogP contribution >= 0.6 is 0 Å². The van der Waals surface area contributed by atoms with Gasteiger partial charge in [0.25, 0.3) is 0 Å². The van der Waals surface area contributed by atoms with Crippen molar-refractivity contribution in [3.05, 3.63) is 23.3 Å². The van der Waals surface area contributed by atoms with Crippen molar-refractivity contribution < 1.29 is 19.4 Å². The molecule has 2 fully saturated rings. The Balaban J connectivity index is 1.65. The van der Waals surface area contributed by atoms with Crippen LogP contribution in [0.15, 0.2) is 23.3 Å². The van der Waals surface area contributed by atoms with Crippen molar-refractivity contribution in [1.29, 1.82) is 0 Å². The van der Waals surface area contributed by atoms with Crippen LogP contribution in [0.25, 0.3) is 0 Å². The molecule has 4 nitrogen and oxygen atoms in total. The van der Waals surface area contributed by atoms with Gasteiger partial charge in [0.1, 0.15) is 6.10 Å². The smallest absolute Gasteiger partial charge is 0.306 e. The van der Waals surface area contributed by atoms with Gasteiger partial charge >= 0.3 is 11.9 Å². The SMILES string of the molecule is C=C(CC[C@@H](C(=O)O)[C@H]1CC[C@@]2(C)C3=C(CC[C@]12C)[C@@]1(C)CCC(OC(C)=O)C(C)(C)[C@@H]1CC3)C(C)C. The number of allylic oxidation sites excluding steroid dienone is 3. The lowest BCUT2D eigenvalue weighted by Crippen LogP contribution is -2.56. The molecular weight excluding hydrogens is 460 g/mol. The number of carboxylic acid groups (broad SMARTS) is 1. The van der Waals surface area contributed by atoms with E-state index in [-0.39, 0.29) is 45.6 Å². The van der Waals surface area contributed by atoms with Crippen LogP contribution in [0.5, 0.6) is 0 Å². The highest BCUT2D eigenvalue weighted by atomic mass is 16.5. The van der Waals surface area contributed by atoms with E-state index in [2.05, 4.69) is 55.0 Å². The molecule has 0 spiro atoms. The second-order valence-corrected chi connectivity index (χ2v) is 14.6. The number of ether oxygens (including phenoxy) is 1. The normalized spacial score (nSPS) is 39.4. The summed E-state index contributed by atoms with van der Waals surface area (Å²) in [6, 6.07) is 0. The average molecular weight is 513 g/mol. The first-order valence-electron chi connectivity index (χ1n) is 14.9. The summed E-state index contributed by atoms with van der Waals surface area (Å²) < 4.78 is 5.84. The fourth-order valence-electron chi connectivity index (χ4n) is 9.89. The fraction of sp³-hybridized carbons (Fsp3) is 0.818. The molecule has 4 rings (SSSR count). The largest absolute Gasteiger partial charge is 0.481 e. The zero-order chi connectivity index (χ0) is 27.6. The number of carboxylic acids is 1. The van der Waals surface area contributed by atoms with Gasteiger partial charge in [-0.2, -0.15) is 0 Å². The third kappa shape index (κ3) is 4.33. The Labute approximate surface area is 225 Å². The Morgan fingerprint density at radius 2 is 1.68 bits per heavy atom. The lowest BCUT2D eigenvalue weighted by molar-refractivity contribution is -0.167. The van der Waals surface area contributed by atoms with Gasteiger partial charge in [0.2, 0.25) is 0 Å². The maximum atomic E-state index is 12.6. The molecule has 0 heterocycles. The predicted molar refractivity (Wildman–Crippen MR) is 149 cm³/mol. The molecule has 0 saturated heterocycles. The summed E-state index contributed by atoms with van der Waals surface area (Å²) in [5, 5.41) is 10.4. The second-order valence-electron chi connectivity index (χ2n) is 14.6. The van der Waals surface area contributed by atoms with Crippen LogP contribution in [-0.2, 0) is 14.3 Å². The van der Waals surface area contributed by atoms with E-state index < -0.39 is 5.97 Å². The summed E-state index contributed by atoms with van der Waals surface area (Å²) in [5.41, 5.74) is 4.69. The molecule has 37 heavy (non-hydrogen) atoms. The van der Waals surface area contributed by atoms with E-state index in [1.807, 2.05) is 0 Å². The summed E-state index contributed by atoms with van der Waals surface area (Å²) in [6.45, 7) is 22.1. The molecule has 1 unspecified atom stereocenters. The molecule has 7 atom stereocenters. The van der Waals surface area contributed by atoms with Crippen molar-refractivity contribution in [2.75, 3.05) is 0 Å². The van der Waals surface area contributed by atoms with Gasteiger partial charge in [-0.1, -0.05) is 71.8 Å². The first-order chi connectivity index (χ1) is 17.1. The monoisotopic (exact) mass is 512 g/mol. The van der Waals surface area contributed by atoms with E-state index in [9.17, 15) is 14.7 Å². The number of esters is 1. The summed E-state index contributed by atoms with van der Waals surface area (Å²) >= 11 is 0. The number of rotatable bonds is 7. The lowest BCUT2D eigenvalue weighted by atomic mass is 9.43. The van der Waals surface area contributed by atoms with E-state index in [4.69, 9.17) is 4.74 Å². The molecule has 0 aliphatic heterocycles. The van der Waals surface area contributed by atoms with Crippen LogP contribution in [0.2, 0.25) is 0 Å². The van der Waals surface area contributed by atoms with Gasteiger partial charge in [0, 0.05) is 12.3 Å². The highest BCUT2D eigenvalue weighted by Crippen LogP contribution is 2.72. The minimum Gasteiger partial charge on any atom is -0.481 e. The Morgan fingerprint density at radius 3 is 2.27 bits per heavy atom. The number of carbonyl (C=O) groups excluding carboxylic acids is 1. The van der Waals surface area contributed by atoms with E-state index in [0.29, 0.717) is 18.3 Å². The van der Waals surface area contributed by atoms with Crippen LogP contribution in [0.4, 0.5) is 0 Å². The zero-order valence-electron chi connectivity index (χ0n) is 24.8. The molecular formula is C33H52O4. The number of hydrogen-bond donors (Lipinski definition) is 1. The van der Waals surface area contributed by atoms with Crippen molar-refractivity contribution in [3.63, 3.8) is 0 Å². The molecule has 0 aromatic carbocycles. The average Bonchev–Trinajstić information content (AvgIpc) is 3.07. The first-order valence-corrected chi connectivity index (χ1v) is 14.9. The van der Waals surface area contributed by atoms with E-state index in [1.165, 1.54) is 12.5 Å². The van der Waals surface area contributed by atoms with Crippen LogP contribution < -0.4 is 0 Å². The number of fused-ring (bicyclic) bond motifs is 4. The summed E-state index contributed by atoms with van der Waals surface area (Å²) in [6.07, 6.45) is 10.0. The van der Waals surface area contributed by atoms with E-state index >= 15 is 0 Å². The predicted octanol–water partition coefficient (Wildman–Crippen LogP) is 8.36. The molecule has 4 heteroatoms. The minimum absolute atomic E-state index is 0.0116. The first kappa shape index (κ1) is 28.4. The maximum absolute atomic E-state index is 12.6. The maximum Gasteiger partial charge on any atom is 0.306 e. The number of hydrogen-bond acceptors (Lipinski definition) is 3. The van der Waals surface area contributed by atoms with Crippen LogP contribution in [0.3, 0.4) is 0 Å². The molecule has 0 aromatic heterocycles. The van der Waals surface area contributed by atoms with Crippen LogP contribution in [0.1, 0.15) is 120 Å². The van der Waals surface area contributed by atoms with Crippen molar-refractivity contribution in [3.8, 4) is 0 Å². The summed E-state index contributed by atoms with van der Waals surface area (Å²) in [4.78, 5) is 24.5. The molecule has 1 N–H and O–H groups in total. The van der Waals surface area contributed by atoms with Crippen LogP contribution in [0, 0.1) is 45.3 Å². The molecule has 0 amide bonds. The van der Waals surface area contributed by atoms with Crippen molar-refractivity contribution in [2.24, 2.45) is 45.3 Å². The molecule has 4 aliphatic rings. The van der Waals surface area contributed by atoms with Crippen molar-refractivity contribution in [2.45, 2.75) is 126 Å². The molecule has 0 aromatic rings. The van der Waals surface area contributed by atoms with Crippen molar-refractivity contribution >= 4 is 11.9 Å². The summed E-state index contributed by atoms with van der Waals surface area (Å²) in [7, 11) is 0. The topological polar surface area (TPSA) is 63.6 Å². The summed E-state index contributed by atoms with van der Waals surface area (Å²) in [5.74, 6) is 0.0294. The highest BCUT2D eigenvalue weighted by molar-refractivity contribution is 5.71. The second kappa shape index (κ2) is 9.56. The van der Waals surface area contributed by atoms with E-state index in [0.717, 1.165) is 57.8 Å². The van der Waals surface area contributed by atoms with Gasteiger partial charge in [-0.15, -0.1) is 0 Å². The number of carbonyl (C=O) groups is 2. The molecule has 0 bridgehead atoms. The quantitative estimate of drug-likeness (QED) is 0.275. The van der Waals surface area contributed by atoms with Gasteiger partial charge in [0.15, 0.2) is 0 Å². The zero-order valence-corrected chi connectivity index (χ0v) is 24.8. The van der Waals surface area contributed by atoms with Gasteiger partial charge in [-0.05, 0) is 98.2 Å². The third-order valence-electron chi connectivity index (χ3n) is 12.5. The van der Waals surface area contributed by atoms with Gasteiger partial charge < -0.3 is 9.84 Å². The molecule has 2 saturated carbocycles. The van der Waals surface area contributed by atoms with Gasteiger partial charge in [-0.25, -0.2) is 0 Å². The molecule has 4 aliphatic carbocycles. The Hall–Kier alpha value is -1.58. The third-order valence-corrected chi connectivity index (χ3v) is 12.5. The highest BCUT2D eigenvalue weighted by Gasteiger charge is 2.64. The van der Waals surface area contributed by atoms with Crippen molar-refractivity contribution in [1.82, 2.24) is 0 Å². The molecule has 208 valence electrons. The van der Waals surface area contributed by atoms with Gasteiger partial charge in [0.05, 0.1) is 5.92 Å². The van der Waals surface area contributed by atoms with E-state index in [1.54, 1.807) is 11.1 Å². The lowest BCUT2D eigenvalue weighted by Gasteiger charge is -2.62. The number of aliphatic carboxylic acids is 1. The Morgan fingerprint density at radius 1 is 1.00 bits per heavy atom. The minimum atomic E-state index is -0.618. The Kier molecular flexibility index (Phi) is 7.34.